The summed E-state index contributed by atoms with van der Waals surface area (Å²) in [7, 11) is -3.42. The van der Waals surface area contributed by atoms with Gasteiger partial charge in [0.1, 0.15) is 0 Å². The van der Waals surface area contributed by atoms with E-state index in [1.54, 1.807) is 12.1 Å². The van der Waals surface area contributed by atoms with Crippen LogP contribution in [0.25, 0.3) is 0 Å². The van der Waals surface area contributed by atoms with E-state index in [0.29, 0.717) is 17.5 Å². The number of halogens is 1. The first-order valence-electron chi connectivity index (χ1n) is 6.74. The van der Waals surface area contributed by atoms with Crippen molar-refractivity contribution in [1.29, 1.82) is 0 Å². The Bertz CT molecular complexity index is 471. The number of nitrogens with one attached hydrogen (secondary N) is 1. The molecule has 0 spiro atoms. The van der Waals surface area contributed by atoms with Crippen molar-refractivity contribution >= 4 is 21.6 Å². The van der Waals surface area contributed by atoms with Crippen molar-refractivity contribution in [3.63, 3.8) is 0 Å². The zero-order valence-corrected chi connectivity index (χ0v) is 13.1. The van der Waals surface area contributed by atoms with E-state index in [0.717, 1.165) is 25.7 Å². The summed E-state index contributed by atoms with van der Waals surface area (Å²) < 4.78 is 26.9. The predicted molar refractivity (Wildman–Crippen MR) is 79.9 cm³/mol. The van der Waals surface area contributed by atoms with Gasteiger partial charge in [0.25, 0.3) is 0 Å². The maximum Gasteiger partial charge on any atom is 0.240 e. The highest BCUT2D eigenvalue weighted by Crippen LogP contribution is 2.16. The van der Waals surface area contributed by atoms with Gasteiger partial charge < -0.3 is 0 Å². The number of hydrogen-bond acceptors (Lipinski definition) is 2. The lowest BCUT2D eigenvalue weighted by Crippen LogP contribution is -2.29. The second-order valence-corrected chi connectivity index (χ2v) is 6.93. The van der Waals surface area contributed by atoms with Crippen molar-refractivity contribution in [2.45, 2.75) is 44.4 Å². The molecule has 0 aliphatic carbocycles. The molecule has 1 aromatic rings. The summed E-state index contributed by atoms with van der Waals surface area (Å²) in [6.45, 7) is 4.74. The van der Waals surface area contributed by atoms with Gasteiger partial charge >= 0.3 is 0 Å². The van der Waals surface area contributed by atoms with Crippen molar-refractivity contribution in [2.75, 3.05) is 6.54 Å². The molecule has 0 aliphatic rings. The minimum Gasteiger partial charge on any atom is -0.211 e. The number of benzene rings is 1. The first-order chi connectivity index (χ1) is 8.99. The molecular weight excluding hydrogens is 282 g/mol. The van der Waals surface area contributed by atoms with E-state index in [4.69, 9.17) is 11.6 Å². The highest BCUT2D eigenvalue weighted by Gasteiger charge is 2.15. The molecule has 5 heteroatoms. The van der Waals surface area contributed by atoms with Gasteiger partial charge in [-0.3, -0.25) is 0 Å². The Balaban J connectivity index is 2.61. The minimum absolute atomic E-state index is 0.266. The largest absolute Gasteiger partial charge is 0.240 e. The molecule has 0 saturated carbocycles. The number of rotatable bonds is 8. The summed E-state index contributed by atoms with van der Waals surface area (Å²) in [5.74, 6) is 0.405. The van der Waals surface area contributed by atoms with Crippen LogP contribution in [0.5, 0.6) is 0 Å². The minimum atomic E-state index is -3.42. The monoisotopic (exact) mass is 303 g/mol. The Hall–Kier alpha value is -0.580. The van der Waals surface area contributed by atoms with E-state index in [1.807, 2.05) is 0 Å². The van der Waals surface area contributed by atoms with Gasteiger partial charge in [-0.1, -0.05) is 44.7 Å². The van der Waals surface area contributed by atoms with Crippen LogP contribution >= 0.6 is 11.6 Å². The molecule has 1 N–H and O–H groups in total. The number of unbranched alkanes of at least 4 members (excludes halogenated alkanes) is 1. The number of hydrogen-bond donors (Lipinski definition) is 1. The van der Waals surface area contributed by atoms with Crippen LogP contribution in [0.1, 0.15) is 39.5 Å². The maximum absolute atomic E-state index is 12.1. The summed E-state index contributed by atoms with van der Waals surface area (Å²) in [6, 6.07) is 6.23. The molecule has 1 aromatic carbocycles. The normalized spacial score (nSPS) is 13.4. The average Bonchev–Trinajstić information content (AvgIpc) is 2.39. The molecule has 0 fully saturated rings. The van der Waals surface area contributed by atoms with Gasteiger partial charge in [-0.25, -0.2) is 13.1 Å². The molecule has 0 radical (unpaired) electrons. The van der Waals surface area contributed by atoms with Crippen LogP contribution in [-0.2, 0) is 10.0 Å². The summed E-state index contributed by atoms with van der Waals surface area (Å²) in [4.78, 5) is 0.266. The van der Waals surface area contributed by atoms with Crippen molar-refractivity contribution in [3.05, 3.63) is 29.3 Å². The van der Waals surface area contributed by atoms with Gasteiger partial charge in [-0.15, -0.1) is 0 Å². The Morgan fingerprint density at radius 1 is 1.21 bits per heavy atom. The van der Waals surface area contributed by atoms with Crippen LogP contribution in [0.2, 0.25) is 5.02 Å². The SMILES string of the molecule is CCCC[C@H](CC)CNS(=O)(=O)c1ccc(Cl)cc1. The third kappa shape index (κ3) is 5.51. The zero-order chi connectivity index (χ0) is 14.3. The predicted octanol–water partition coefficient (Wildman–Crippen LogP) is 3.83. The van der Waals surface area contributed by atoms with Crippen molar-refractivity contribution in [3.8, 4) is 0 Å². The summed E-state index contributed by atoms with van der Waals surface area (Å²) in [5, 5.41) is 0.535. The highest BCUT2D eigenvalue weighted by molar-refractivity contribution is 7.89. The van der Waals surface area contributed by atoms with Crippen LogP contribution in [0.15, 0.2) is 29.2 Å². The highest BCUT2D eigenvalue weighted by atomic mass is 35.5. The van der Waals surface area contributed by atoms with Crippen LogP contribution in [0.3, 0.4) is 0 Å². The van der Waals surface area contributed by atoms with Gasteiger partial charge in [-0.2, -0.15) is 0 Å². The fraction of sp³-hybridized carbons (Fsp3) is 0.571. The first-order valence-corrected chi connectivity index (χ1v) is 8.61. The van der Waals surface area contributed by atoms with E-state index in [1.165, 1.54) is 12.1 Å². The third-order valence-corrected chi connectivity index (χ3v) is 4.92. The van der Waals surface area contributed by atoms with Gasteiger partial charge in [0.2, 0.25) is 10.0 Å². The van der Waals surface area contributed by atoms with Gasteiger partial charge in [0.15, 0.2) is 0 Å². The Morgan fingerprint density at radius 3 is 2.37 bits per heavy atom. The molecule has 19 heavy (non-hydrogen) atoms. The van der Waals surface area contributed by atoms with Crippen molar-refractivity contribution < 1.29 is 8.42 Å². The standard InChI is InChI=1S/C14H22ClNO2S/c1-3-5-6-12(4-2)11-16-19(17,18)14-9-7-13(15)8-10-14/h7-10,12,16H,3-6,11H2,1-2H3/t12-/m0/s1. The molecule has 1 rings (SSSR count). The van der Waals surface area contributed by atoms with Gasteiger partial charge in [0, 0.05) is 11.6 Å². The van der Waals surface area contributed by atoms with Gasteiger partial charge in [0.05, 0.1) is 4.90 Å². The smallest absolute Gasteiger partial charge is 0.211 e. The Labute approximate surface area is 121 Å². The molecule has 0 amide bonds. The molecule has 0 bridgehead atoms. The summed E-state index contributed by atoms with van der Waals surface area (Å²) in [5.41, 5.74) is 0. The van der Waals surface area contributed by atoms with Crippen molar-refractivity contribution in [2.24, 2.45) is 5.92 Å². The Morgan fingerprint density at radius 2 is 1.84 bits per heavy atom. The molecule has 0 aliphatic heterocycles. The molecule has 0 saturated heterocycles. The lowest BCUT2D eigenvalue weighted by molar-refractivity contribution is 0.444. The first kappa shape index (κ1) is 16.5. The molecule has 3 nitrogen and oxygen atoms in total. The van der Waals surface area contributed by atoms with E-state index in [2.05, 4.69) is 18.6 Å². The Kier molecular flexibility index (Phi) is 6.83. The summed E-state index contributed by atoms with van der Waals surface area (Å²) >= 11 is 5.75. The lowest BCUT2D eigenvalue weighted by Gasteiger charge is -2.15. The maximum atomic E-state index is 12.1. The van der Waals surface area contributed by atoms with E-state index < -0.39 is 10.0 Å². The van der Waals surface area contributed by atoms with Crippen LogP contribution in [0, 0.1) is 5.92 Å². The van der Waals surface area contributed by atoms with Crippen molar-refractivity contribution in [1.82, 2.24) is 4.72 Å². The second kappa shape index (κ2) is 7.88. The fourth-order valence-corrected chi connectivity index (χ4v) is 3.11. The van der Waals surface area contributed by atoms with E-state index >= 15 is 0 Å². The second-order valence-electron chi connectivity index (χ2n) is 4.72. The van der Waals surface area contributed by atoms with Crippen LogP contribution in [0.4, 0.5) is 0 Å². The quantitative estimate of drug-likeness (QED) is 0.793. The lowest BCUT2D eigenvalue weighted by atomic mass is 10.00. The third-order valence-electron chi connectivity index (χ3n) is 3.23. The molecule has 0 aromatic heterocycles. The topological polar surface area (TPSA) is 46.2 Å². The molecule has 1 atom stereocenters. The molecule has 0 heterocycles. The fourth-order valence-electron chi connectivity index (χ4n) is 1.87. The van der Waals surface area contributed by atoms with Crippen LogP contribution < -0.4 is 4.72 Å². The molecule has 0 unspecified atom stereocenters. The van der Waals surface area contributed by atoms with Gasteiger partial charge in [-0.05, 0) is 36.6 Å². The summed E-state index contributed by atoms with van der Waals surface area (Å²) in [6.07, 6.45) is 4.33. The van der Waals surface area contributed by atoms with E-state index in [-0.39, 0.29) is 4.90 Å². The van der Waals surface area contributed by atoms with E-state index in [9.17, 15) is 8.42 Å². The average molecular weight is 304 g/mol. The zero-order valence-electron chi connectivity index (χ0n) is 11.5. The number of sulfonamides is 1. The van der Waals surface area contributed by atoms with Crippen LogP contribution in [-0.4, -0.2) is 15.0 Å². The molecule has 108 valence electrons. The molecular formula is C14H22ClNO2S.